The van der Waals surface area contributed by atoms with Crippen LogP contribution in [-0.4, -0.2) is 9.97 Å². The lowest BCUT2D eigenvalue weighted by atomic mass is 9.93. The van der Waals surface area contributed by atoms with Gasteiger partial charge in [0.2, 0.25) is 0 Å². The number of aromatic amines is 1. The SMILES string of the molecule is CCc1cc2[nH]c(-c3cccc4ccccc34)nc2cc1-c1cccc2ccccc12. The van der Waals surface area contributed by atoms with Gasteiger partial charge in [-0.2, -0.15) is 0 Å². The molecular weight excluding hydrogens is 376 g/mol. The van der Waals surface area contributed by atoms with Crippen molar-refractivity contribution < 1.29 is 0 Å². The quantitative estimate of drug-likeness (QED) is 0.324. The largest absolute Gasteiger partial charge is 0.338 e. The van der Waals surface area contributed by atoms with Crippen LogP contribution in [0, 0.1) is 0 Å². The maximum Gasteiger partial charge on any atom is 0.139 e. The minimum Gasteiger partial charge on any atom is -0.338 e. The van der Waals surface area contributed by atoms with Crippen LogP contribution in [0.5, 0.6) is 0 Å². The molecule has 0 bridgehead atoms. The van der Waals surface area contributed by atoms with Gasteiger partial charge in [-0.15, -0.1) is 0 Å². The molecule has 0 spiro atoms. The first-order valence-corrected chi connectivity index (χ1v) is 10.8. The predicted octanol–water partition coefficient (Wildman–Crippen LogP) is 7.77. The normalized spacial score (nSPS) is 11.5. The van der Waals surface area contributed by atoms with E-state index in [9.17, 15) is 0 Å². The number of aryl methyl sites for hydroxylation is 1. The standard InChI is InChI=1S/C29H22N2/c1-2-19-17-27-28(18-26(19)24-15-7-11-20-9-3-5-13-22(20)24)31-29(30-27)25-16-8-12-21-10-4-6-14-23(21)25/h3-18H,2H2,1H3,(H,30,31). The minimum absolute atomic E-state index is 0.920. The lowest BCUT2D eigenvalue weighted by Crippen LogP contribution is -1.90. The third-order valence-electron chi connectivity index (χ3n) is 6.21. The second-order valence-electron chi connectivity index (χ2n) is 8.02. The van der Waals surface area contributed by atoms with E-state index < -0.39 is 0 Å². The molecule has 6 rings (SSSR count). The van der Waals surface area contributed by atoms with Crippen LogP contribution >= 0.6 is 0 Å². The summed E-state index contributed by atoms with van der Waals surface area (Å²) in [5, 5.41) is 4.99. The highest BCUT2D eigenvalue weighted by Crippen LogP contribution is 2.35. The van der Waals surface area contributed by atoms with Crippen molar-refractivity contribution in [3.8, 4) is 22.5 Å². The Hall–Kier alpha value is -3.91. The molecule has 0 atom stereocenters. The van der Waals surface area contributed by atoms with Gasteiger partial charge in [-0.25, -0.2) is 4.98 Å². The number of nitrogens with one attached hydrogen (secondary N) is 1. The average Bonchev–Trinajstić information content (AvgIpc) is 3.25. The van der Waals surface area contributed by atoms with Gasteiger partial charge in [-0.05, 0) is 56.8 Å². The first-order valence-electron chi connectivity index (χ1n) is 10.8. The van der Waals surface area contributed by atoms with Crippen molar-refractivity contribution in [2.45, 2.75) is 13.3 Å². The Labute approximate surface area is 181 Å². The minimum atomic E-state index is 0.920. The Kier molecular flexibility index (Phi) is 4.10. The summed E-state index contributed by atoms with van der Waals surface area (Å²) in [6.07, 6.45) is 0.969. The van der Waals surface area contributed by atoms with Gasteiger partial charge in [-0.3, -0.25) is 0 Å². The molecule has 0 unspecified atom stereocenters. The fourth-order valence-electron chi connectivity index (χ4n) is 4.66. The zero-order valence-electron chi connectivity index (χ0n) is 17.4. The summed E-state index contributed by atoms with van der Waals surface area (Å²) >= 11 is 0. The molecule has 0 saturated carbocycles. The van der Waals surface area contributed by atoms with Crippen LogP contribution in [0.2, 0.25) is 0 Å². The van der Waals surface area contributed by atoms with Crippen molar-refractivity contribution in [2.75, 3.05) is 0 Å². The van der Waals surface area contributed by atoms with Gasteiger partial charge in [0, 0.05) is 5.56 Å². The van der Waals surface area contributed by atoms with E-state index >= 15 is 0 Å². The van der Waals surface area contributed by atoms with Gasteiger partial charge in [0.25, 0.3) is 0 Å². The number of hydrogen-bond donors (Lipinski definition) is 1. The van der Waals surface area contributed by atoms with E-state index in [0.717, 1.165) is 28.8 Å². The van der Waals surface area contributed by atoms with Gasteiger partial charge in [-0.1, -0.05) is 91.9 Å². The van der Waals surface area contributed by atoms with E-state index in [1.54, 1.807) is 0 Å². The second kappa shape index (κ2) is 7.10. The van der Waals surface area contributed by atoms with E-state index in [4.69, 9.17) is 4.98 Å². The number of fused-ring (bicyclic) bond motifs is 3. The van der Waals surface area contributed by atoms with Gasteiger partial charge >= 0.3 is 0 Å². The molecule has 148 valence electrons. The molecule has 1 heterocycles. The van der Waals surface area contributed by atoms with E-state index in [-0.39, 0.29) is 0 Å². The van der Waals surface area contributed by atoms with E-state index in [1.165, 1.54) is 38.2 Å². The van der Waals surface area contributed by atoms with Gasteiger partial charge < -0.3 is 4.98 Å². The van der Waals surface area contributed by atoms with Crippen molar-refractivity contribution in [1.29, 1.82) is 0 Å². The fraction of sp³-hybridized carbons (Fsp3) is 0.0690. The number of imidazole rings is 1. The molecule has 0 aliphatic rings. The number of benzene rings is 5. The van der Waals surface area contributed by atoms with Crippen LogP contribution in [0.1, 0.15) is 12.5 Å². The van der Waals surface area contributed by atoms with Crippen LogP contribution < -0.4 is 0 Å². The summed E-state index contributed by atoms with van der Waals surface area (Å²) in [5.41, 5.74) is 7.09. The first-order chi connectivity index (χ1) is 15.3. The summed E-state index contributed by atoms with van der Waals surface area (Å²) in [7, 11) is 0. The molecule has 5 aromatic carbocycles. The molecule has 31 heavy (non-hydrogen) atoms. The third-order valence-corrected chi connectivity index (χ3v) is 6.21. The van der Waals surface area contributed by atoms with Gasteiger partial charge in [0.1, 0.15) is 5.82 Å². The Balaban J connectivity index is 1.58. The lowest BCUT2D eigenvalue weighted by molar-refractivity contribution is 1.15. The topological polar surface area (TPSA) is 28.7 Å². The number of hydrogen-bond acceptors (Lipinski definition) is 1. The molecule has 0 amide bonds. The predicted molar refractivity (Wildman–Crippen MR) is 131 cm³/mol. The first kappa shape index (κ1) is 17.9. The molecule has 1 N–H and O–H groups in total. The number of nitrogens with zero attached hydrogens (tertiary/aromatic N) is 1. The van der Waals surface area contributed by atoms with Crippen LogP contribution in [0.4, 0.5) is 0 Å². The number of rotatable bonds is 3. The van der Waals surface area contributed by atoms with Crippen LogP contribution in [0.3, 0.4) is 0 Å². The van der Waals surface area contributed by atoms with E-state index in [1.807, 2.05) is 0 Å². The smallest absolute Gasteiger partial charge is 0.139 e. The summed E-state index contributed by atoms with van der Waals surface area (Å²) < 4.78 is 0. The van der Waals surface area contributed by atoms with Crippen molar-refractivity contribution in [3.63, 3.8) is 0 Å². The highest BCUT2D eigenvalue weighted by atomic mass is 14.9. The molecule has 2 nitrogen and oxygen atoms in total. The summed E-state index contributed by atoms with van der Waals surface area (Å²) in [6, 6.07) is 34.5. The molecule has 0 aliphatic heterocycles. The Morgan fingerprint density at radius 1 is 0.645 bits per heavy atom. The molecule has 0 fully saturated rings. The van der Waals surface area contributed by atoms with Crippen molar-refractivity contribution in [1.82, 2.24) is 9.97 Å². The summed E-state index contributed by atoms with van der Waals surface area (Å²) in [6.45, 7) is 2.22. The van der Waals surface area contributed by atoms with E-state index in [0.29, 0.717) is 0 Å². The van der Waals surface area contributed by atoms with E-state index in [2.05, 4.69) is 109 Å². The van der Waals surface area contributed by atoms with Crippen LogP contribution in [0.25, 0.3) is 55.1 Å². The fourth-order valence-corrected chi connectivity index (χ4v) is 4.66. The second-order valence-corrected chi connectivity index (χ2v) is 8.02. The molecule has 0 saturated heterocycles. The van der Waals surface area contributed by atoms with Crippen molar-refractivity contribution in [3.05, 3.63) is 103 Å². The van der Waals surface area contributed by atoms with Crippen molar-refractivity contribution in [2.24, 2.45) is 0 Å². The molecule has 0 aliphatic carbocycles. The molecule has 1 aromatic heterocycles. The zero-order chi connectivity index (χ0) is 20.8. The number of H-pyrrole nitrogens is 1. The highest BCUT2D eigenvalue weighted by Gasteiger charge is 2.14. The Morgan fingerprint density at radius 3 is 1.97 bits per heavy atom. The molecule has 6 aromatic rings. The Morgan fingerprint density at radius 2 is 1.26 bits per heavy atom. The lowest BCUT2D eigenvalue weighted by Gasteiger charge is -2.11. The molecule has 0 radical (unpaired) electrons. The van der Waals surface area contributed by atoms with Crippen LogP contribution in [-0.2, 0) is 6.42 Å². The summed E-state index contributed by atoms with van der Waals surface area (Å²) in [5.74, 6) is 0.920. The van der Waals surface area contributed by atoms with Gasteiger partial charge in [0.15, 0.2) is 0 Å². The van der Waals surface area contributed by atoms with Crippen molar-refractivity contribution >= 4 is 32.6 Å². The maximum absolute atomic E-state index is 5.02. The molecule has 2 heteroatoms. The third kappa shape index (κ3) is 2.91. The van der Waals surface area contributed by atoms with Crippen LogP contribution in [0.15, 0.2) is 97.1 Å². The summed E-state index contributed by atoms with van der Waals surface area (Å²) in [4.78, 5) is 8.60. The van der Waals surface area contributed by atoms with Gasteiger partial charge in [0.05, 0.1) is 11.0 Å². The maximum atomic E-state index is 5.02. The molecular formula is C29H22N2. The monoisotopic (exact) mass is 398 g/mol. The average molecular weight is 399 g/mol. The Bertz CT molecular complexity index is 1560. The highest BCUT2D eigenvalue weighted by molar-refractivity contribution is 6.00. The zero-order valence-corrected chi connectivity index (χ0v) is 17.4. The number of aromatic nitrogens is 2.